The molecule has 2 amide bonds. The van der Waals surface area contributed by atoms with Crippen molar-refractivity contribution >= 4 is 40.9 Å². The van der Waals surface area contributed by atoms with Crippen molar-refractivity contribution in [2.24, 2.45) is 0 Å². The molecule has 2 aromatic heterocycles. The Morgan fingerprint density at radius 3 is 2.67 bits per heavy atom. The standard InChI is InChI=1S/C29H23F2N5O3/c1-35(20-9-11-24(30)25(31)17-20)36-14-4-7-22(29(36)39)27(37)33-13-2-5-18-8-10-21-23(16-19-6-3-12-32-19)28(38)34-26(21)15-18/h2-12,14-17,32H,13H2,1H3,(H,33,37)(H,34,38)/b5-2+,23-16?. The molecule has 0 saturated heterocycles. The van der Waals surface area contributed by atoms with E-state index in [1.165, 1.54) is 36.5 Å². The van der Waals surface area contributed by atoms with Crippen LogP contribution in [-0.4, -0.2) is 35.1 Å². The van der Waals surface area contributed by atoms with E-state index < -0.39 is 23.1 Å². The molecule has 39 heavy (non-hydrogen) atoms. The van der Waals surface area contributed by atoms with Gasteiger partial charge in [0.05, 0.1) is 11.3 Å². The van der Waals surface area contributed by atoms with Crippen LogP contribution in [0.15, 0.2) is 83.9 Å². The highest BCUT2D eigenvalue weighted by Crippen LogP contribution is 2.33. The zero-order valence-corrected chi connectivity index (χ0v) is 20.7. The number of hydrogen-bond acceptors (Lipinski definition) is 4. The Bertz CT molecular complexity index is 1690. The number of H-pyrrole nitrogens is 1. The van der Waals surface area contributed by atoms with Crippen LogP contribution < -0.4 is 21.2 Å². The molecular weight excluding hydrogens is 504 g/mol. The van der Waals surface area contributed by atoms with Crippen LogP contribution in [0.2, 0.25) is 0 Å². The maximum atomic E-state index is 13.6. The summed E-state index contributed by atoms with van der Waals surface area (Å²) in [6.45, 7) is 0.146. The number of rotatable bonds is 7. The molecule has 0 fully saturated rings. The topological polar surface area (TPSA) is 99.2 Å². The van der Waals surface area contributed by atoms with Crippen molar-refractivity contribution in [3.63, 3.8) is 0 Å². The fourth-order valence-corrected chi connectivity index (χ4v) is 4.19. The average Bonchev–Trinajstić information content (AvgIpc) is 3.55. The average molecular weight is 528 g/mol. The van der Waals surface area contributed by atoms with E-state index in [0.717, 1.165) is 33.6 Å². The number of amides is 2. The number of nitrogens with zero attached hydrogens (tertiary/aromatic N) is 2. The van der Waals surface area contributed by atoms with Crippen molar-refractivity contribution in [2.45, 2.75) is 0 Å². The highest BCUT2D eigenvalue weighted by atomic mass is 19.2. The van der Waals surface area contributed by atoms with Crippen LogP contribution in [0.5, 0.6) is 0 Å². The lowest BCUT2D eigenvalue weighted by Gasteiger charge is -2.22. The third-order valence-electron chi connectivity index (χ3n) is 6.21. The SMILES string of the molecule is CN(c1ccc(F)c(F)c1)n1cccc(C(=O)NC/C=C/c2ccc3c(c2)NC(=O)C3=Cc2ccc[nH]2)c1=O. The van der Waals surface area contributed by atoms with Gasteiger partial charge >= 0.3 is 0 Å². The number of carbonyl (C=O) groups excluding carboxylic acids is 2. The molecule has 0 atom stereocenters. The van der Waals surface area contributed by atoms with E-state index in [1.807, 2.05) is 30.3 Å². The second-order valence-electron chi connectivity index (χ2n) is 8.75. The van der Waals surface area contributed by atoms with Gasteiger partial charge in [0.1, 0.15) is 5.56 Å². The molecule has 0 bridgehead atoms. The van der Waals surface area contributed by atoms with Crippen LogP contribution in [0.4, 0.5) is 20.2 Å². The summed E-state index contributed by atoms with van der Waals surface area (Å²) in [5, 5.41) is 6.85. The fourth-order valence-electron chi connectivity index (χ4n) is 4.19. The smallest absolute Gasteiger partial charge is 0.282 e. The molecular formula is C29H23F2N5O3. The highest BCUT2D eigenvalue weighted by Gasteiger charge is 2.24. The minimum atomic E-state index is -1.05. The first-order valence-electron chi connectivity index (χ1n) is 12.0. The quantitative estimate of drug-likeness (QED) is 0.312. The number of nitrogens with one attached hydrogen (secondary N) is 3. The maximum Gasteiger partial charge on any atom is 0.282 e. The summed E-state index contributed by atoms with van der Waals surface area (Å²) in [5.41, 5.74) is 3.21. The Balaban J connectivity index is 1.24. The molecule has 3 heterocycles. The molecule has 0 unspecified atom stereocenters. The number of carbonyl (C=O) groups is 2. The van der Waals surface area contributed by atoms with Gasteiger partial charge in [0, 0.05) is 49.0 Å². The predicted octanol–water partition coefficient (Wildman–Crippen LogP) is 4.29. The molecule has 10 heteroatoms. The lowest BCUT2D eigenvalue weighted by atomic mass is 10.0. The molecule has 0 radical (unpaired) electrons. The normalized spacial score (nSPS) is 13.5. The van der Waals surface area contributed by atoms with Gasteiger partial charge in [0.25, 0.3) is 17.4 Å². The summed E-state index contributed by atoms with van der Waals surface area (Å²) < 4.78 is 28.1. The number of halogens is 2. The minimum absolute atomic E-state index is 0.109. The summed E-state index contributed by atoms with van der Waals surface area (Å²) >= 11 is 0. The van der Waals surface area contributed by atoms with Crippen molar-refractivity contribution in [3.05, 3.63) is 124 Å². The lowest BCUT2D eigenvalue weighted by Crippen LogP contribution is -2.39. The zero-order chi connectivity index (χ0) is 27.5. The summed E-state index contributed by atoms with van der Waals surface area (Å²) in [6.07, 6.45) is 8.51. The number of benzene rings is 2. The van der Waals surface area contributed by atoms with Crippen molar-refractivity contribution in [2.75, 3.05) is 23.9 Å². The first-order chi connectivity index (χ1) is 18.8. The van der Waals surface area contributed by atoms with E-state index in [0.29, 0.717) is 11.3 Å². The molecule has 0 aliphatic carbocycles. The molecule has 0 spiro atoms. The lowest BCUT2D eigenvalue weighted by molar-refractivity contribution is -0.110. The minimum Gasteiger partial charge on any atom is -0.362 e. The second-order valence-corrected chi connectivity index (χ2v) is 8.75. The predicted molar refractivity (Wildman–Crippen MR) is 146 cm³/mol. The van der Waals surface area contributed by atoms with E-state index in [9.17, 15) is 23.2 Å². The Morgan fingerprint density at radius 2 is 1.90 bits per heavy atom. The van der Waals surface area contributed by atoms with Gasteiger partial charge in [-0.3, -0.25) is 19.4 Å². The summed E-state index contributed by atoms with van der Waals surface area (Å²) in [6, 6.07) is 15.4. The fraction of sp³-hybridized carbons (Fsp3) is 0.0690. The number of fused-ring (bicyclic) bond motifs is 1. The van der Waals surface area contributed by atoms with E-state index in [4.69, 9.17) is 0 Å². The molecule has 5 rings (SSSR count). The highest BCUT2D eigenvalue weighted by molar-refractivity contribution is 6.34. The van der Waals surface area contributed by atoms with Gasteiger partial charge in [-0.25, -0.2) is 13.5 Å². The van der Waals surface area contributed by atoms with Gasteiger partial charge in [-0.05, 0) is 54.1 Å². The third-order valence-corrected chi connectivity index (χ3v) is 6.21. The van der Waals surface area contributed by atoms with Crippen LogP contribution in [0.25, 0.3) is 17.7 Å². The monoisotopic (exact) mass is 527 g/mol. The number of hydrogen-bond donors (Lipinski definition) is 3. The van der Waals surface area contributed by atoms with E-state index >= 15 is 0 Å². The Hall–Kier alpha value is -5.25. The number of aromatic amines is 1. The van der Waals surface area contributed by atoms with Crippen molar-refractivity contribution in [1.29, 1.82) is 0 Å². The van der Waals surface area contributed by atoms with Gasteiger partial charge in [-0.15, -0.1) is 0 Å². The van der Waals surface area contributed by atoms with E-state index in [2.05, 4.69) is 15.6 Å². The molecule has 0 saturated carbocycles. The number of anilines is 2. The zero-order valence-electron chi connectivity index (χ0n) is 20.7. The Kier molecular flexibility index (Phi) is 6.92. The molecule has 196 valence electrons. The largest absolute Gasteiger partial charge is 0.362 e. The molecule has 4 aromatic rings. The summed E-state index contributed by atoms with van der Waals surface area (Å²) in [7, 11) is 1.50. The van der Waals surface area contributed by atoms with Gasteiger partial charge in [-0.1, -0.05) is 24.3 Å². The molecule has 2 aromatic carbocycles. The number of aromatic nitrogens is 2. The van der Waals surface area contributed by atoms with Crippen LogP contribution in [0.1, 0.15) is 27.2 Å². The molecule has 1 aliphatic rings. The van der Waals surface area contributed by atoms with Crippen LogP contribution in [-0.2, 0) is 4.79 Å². The molecule has 3 N–H and O–H groups in total. The van der Waals surface area contributed by atoms with Crippen LogP contribution in [0.3, 0.4) is 0 Å². The van der Waals surface area contributed by atoms with Crippen LogP contribution >= 0.6 is 0 Å². The third kappa shape index (κ3) is 5.26. The molecule has 1 aliphatic heterocycles. The maximum absolute atomic E-state index is 13.6. The van der Waals surface area contributed by atoms with Crippen molar-refractivity contribution in [1.82, 2.24) is 15.0 Å². The van der Waals surface area contributed by atoms with Gasteiger partial charge in [-0.2, -0.15) is 0 Å². The van der Waals surface area contributed by atoms with E-state index in [-0.39, 0.29) is 23.7 Å². The Morgan fingerprint density at radius 1 is 1.05 bits per heavy atom. The van der Waals surface area contributed by atoms with Gasteiger partial charge in [0.2, 0.25) is 0 Å². The molecule has 8 nitrogen and oxygen atoms in total. The Labute approximate surface area is 221 Å². The van der Waals surface area contributed by atoms with Crippen molar-refractivity contribution in [3.8, 4) is 0 Å². The second kappa shape index (κ2) is 10.6. The van der Waals surface area contributed by atoms with Gasteiger partial charge in [0.15, 0.2) is 11.6 Å². The van der Waals surface area contributed by atoms with Crippen LogP contribution in [0, 0.1) is 11.6 Å². The van der Waals surface area contributed by atoms with Crippen molar-refractivity contribution < 1.29 is 18.4 Å². The first kappa shape index (κ1) is 25.4. The first-order valence-corrected chi connectivity index (χ1v) is 12.0. The summed E-state index contributed by atoms with van der Waals surface area (Å²) in [5.74, 6) is -2.82. The van der Waals surface area contributed by atoms with E-state index in [1.54, 1.807) is 24.4 Å². The number of pyridine rings is 1. The van der Waals surface area contributed by atoms with Gasteiger partial charge < -0.3 is 15.6 Å². The summed E-state index contributed by atoms with van der Waals surface area (Å²) in [4.78, 5) is 41.1.